The fraction of sp³-hybridized carbons (Fsp3) is 0.435. The number of hydrogen-bond acceptors (Lipinski definition) is 3. The highest BCUT2D eigenvalue weighted by atomic mass is 16.2. The molecule has 148 valence electrons. The second-order valence-corrected chi connectivity index (χ2v) is 7.52. The van der Waals surface area contributed by atoms with E-state index in [-0.39, 0.29) is 17.5 Å². The molecule has 1 N–H and O–H groups in total. The number of pyridine rings is 1. The van der Waals surface area contributed by atoms with Crippen molar-refractivity contribution in [2.75, 3.05) is 18.4 Å². The van der Waals surface area contributed by atoms with Crippen LogP contribution in [0, 0.1) is 5.92 Å². The van der Waals surface area contributed by atoms with Crippen molar-refractivity contribution in [1.82, 2.24) is 9.88 Å². The molecule has 1 aromatic heterocycles. The zero-order valence-corrected chi connectivity index (χ0v) is 17.0. The molecule has 2 amide bonds. The lowest BCUT2D eigenvalue weighted by Crippen LogP contribution is -2.38. The molecule has 0 spiro atoms. The lowest BCUT2D eigenvalue weighted by molar-refractivity contribution is 0.0697. The maximum Gasteiger partial charge on any atom is 0.274 e. The van der Waals surface area contributed by atoms with Gasteiger partial charge in [0.15, 0.2) is 0 Å². The number of amides is 2. The van der Waals surface area contributed by atoms with E-state index in [1.165, 1.54) is 0 Å². The molecule has 28 heavy (non-hydrogen) atoms. The van der Waals surface area contributed by atoms with Crippen molar-refractivity contribution in [3.63, 3.8) is 0 Å². The number of anilines is 1. The van der Waals surface area contributed by atoms with Crippen LogP contribution in [0.25, 0.3) is 0 Å². The molecular formula is C23H29N3O2. The summed E-state index contributed by atoms with van der Waals surface area (Å²) < 4.78 is 0. The lowest BCUT2D eigenvalue weighted by atomic mass is 9.98. The summed E-state index contributed by atoms with van der Waals surface area (Å²) >= 11 is 0. The molecule has 1 aliphatic heterocycles. The highest BCUT2D eigenvalue weighted by Crippen LogP contribution is 2.23. The van der Waals surface area contributed by atoms with E-state index >= 15 is 0 Å². The zero-order chi connectivity index (χ0) is 20.1. The topological polar surface area (TPSA) is 62.3 Å². The Morgan fingerprint density at radius 3 is 2.36 bits per heavy atom. The summed E-state index contributed by atoms with van der Waals surface area (Å²) in [5, 5.41) is 3.02. The van der Waals surface area contributed by atoms with Crippen LogP contribution in [-0.2, 0) is 12.8 Å². The van der Waals surface area contributed by atoms with Gasteiger partial charge in [0.25, 0.3) is 11.8 Å². The largest absolute Gasteiger partial charge is 0.339 e. The predicted molar refractivity (Wildman–Crippen MR) is 112 cm³/mol. The normalized spacial score (nSPS) is 14.8. The molecule has 0 atom stereocenters. The van der Waals surface area contributed by atoms with E-state index in [1.54, 1.807) is 18.3 Å². The highest BCUT2D eigenvalue weighted by molar-refractivity contribution is 6.05. The molecule has 2 aromatic rings. The van der Waals surface area contributed by atoms with Gasteiger partial charge in [-0.15, -0.1) is 0 Å². The van der Waals surface area contributed by atoms with Gasteiger partial charge in [-0.05, 0) is 54.9 Å². The minimum Gasteiger partial charge on any atom is -0.339 e. The minimum absolute atomic E-state index is 0.0217. The first-order valence-electron chi connectivity index (χ1n) is 10.2. The van der Waals surface area contributed by atoms with Crippen LogP contribution in [0.5, 0.6) is 0 Å². The van der Waals surface area contributed by atoms with Gasteiger partial charge in [-0.25, -0.2) is 0 Å². The number of carbonyl (C=O) groups excluding carboxylic acids is 2. The van der Waals surface area contributed by atoms with Crippen LogP contribution >= 0.6 is 0 Å². The number of rotatable bonds is 5. The number of likely N-dealkylation sites (tertiary alicyclic amines) is 1. The van der Waals surface area contributed by atoms with Crippen molar-refractivity contribution >= 4 is 17.5 Å². The molecule has 1 aromatic carbocycles. The van der Waals surface area contributed by atoms with Crippen LogP contribution in [0.2, 0.25) is 0 Å². The Hall–Kier alpha value is -2.69. The Morgan fingerprint density at radius 2 is 1.75 bits per heavy atom. The van der Waals surface area contributed by atoms with Crippen LogP contribution in [-0.4, -0.2) is 34.8 Å². The molecule has 0 bridgehead atoms. The number of nitrogens with one attached hydrogen (secondary N) is 1. The van der Waals surface area contributed by atoms with E-state index in [1.807, 2.05) is 23.1 Å². The first kappa shape index (κ1) is 20.1. The van der Waals surface area contributed by atoms with Gasteiger partial charge in [0.2, 0.25) is 0 Å². The number of benzene rings is 1. The average Bonchev–Trinajstić information content (AvgIpc) is 2.74. The van der Waals surface area contributed by atoms with E-state index in [0.717, 1.165) is 55.6 Å². The molecular weight excluding hydrogens is 350 g/mol. The smallest absolute Gasteiger partial charge is 0.274 e. The Morgan fingerprint density at radius 1 is 1.11 bits per heavy atom. The van der Waals surface area contributed by atoms with E-state index in [0.29, 0.717) is 11.5 Å². The van der Waals surface area contributed by atoms with Crippen LogP contribution < -0.4 is 5.32 Å². The molecule has 3 rings (SSSR count). The van der Waals surface area contributed by atoms with Gasteiger partial charge in [0.1, 0.15) is 5.69 Å². The molecule has 2 heterocycles. The average molecular weight is 380 g/mol. The maximum absolute atomic E-state index is 12.8. The van der Waals surface area contributed by atoms with Crippen molar-refractivity contribution in [1.29, 1.82) is 0 Å². The van der Waals surface area contributed by atoms with Crippen molar-refractivity contribution in [2.45, 2.75) is 46.5 Å². The van der Waals surface area contributed by atoms with Crippen molar-refractivity contribution in [2.24, 2.45) is 5.92 Å². The first-order valence-corrected chi connectivity index (χ1v) is 10.2. The van der Waals surface area contributed by atoms with E-state index in [9.17, 15) is 9.59 Å². The molecule has 1 fully saturated rings. The fourth-order valence-corrected chi connectivity index (χ4v) is 3.66. The Labute approximate surface area is 167 Å². The van der Waals surface area contributed by atoms with Crippen molar-refractivity contribution in [3.8, 4) is 0 Å². The molecule has 0 unspecified atom stereocenters. The molecule has 0 radical (unpaired) electrons. The Kier molecular flexibility index (Phi) is 6.45. The number of nitrogens with zero attached hydrogens (tertiary/aromatic N) is 2. The van der Waals surface area contributed by atoms with E-state index in [2.05, 4.69) is 31.1 Å². The second-order valence-electron chi connectivity index (χ2n) is 7.52. The van der Waals surface area contributed by atoms with E-state index in [4.69, 9.17) is 0 Å². The monoisotopic (exact) mass is 379 g/mol. The third kappa shape index (κ3) is 4.41. The van der Waals surface area contributed by atoms with Gasteiger partial charge in [-0.1, -0.05) is 39.0 Å². The molecule has 1 aliphatic rings. The number of para-hydroxylation sites is 1. The predicted octanol–water partition coefficient (Wildman–Crippen LogP) is 4.33. The van der Waals surface area contributed by atoms with E-state index < -0.39 is 0 Å². The van der Waals surface area contributed by atoms with Gasteiger partial charge in [-0.2, -0.15) is 0 Å². The quantitative estimate of drug-likeness (QED) is 0.841. The van der Waals surface area contributed by atoms with Gasteiger partial charge >= 0.3 is 0 Å². The fourth-order valence-electron chi connectivity index (χ4n) is 3.66. The number of piperidine rings is 1. The number of carbonyl (C=O) groups is 2. The van der Waals surface area contributed by atoms with Crippen molar-refractivity contribution < 1.29 is 9.59 Å². The van der Waals surface area contributed by atoms with Gasteiger partial charge in [0.05, 0.1) is 0 Å². The Balaban J connectivity index is 1.79. The molecule has 5 nitrogen and oxygen atoms in total. The number of aromatic nitrogens is 1. The summed E-state index contributed by atoms with van der Waals surface area (Å²) in [6.45, 7) is 7.90. The number of aryl methyl sites for hydroxylation is 2. The SMILES string of the molecule is CCc1cccc(CC)c1NC(=O)c1cc(C(=O)N2CCC(C)CC2)ccn1. The number of hydrogen-bond donors (Lipinski definition) is 1. The summed E-state index contributed by atoms with van der Waals surface area (Å²) in [7, 11) is 0. The maximum atomic E-state index is 12.8. The first-order chi connectivity index (χ1) is 13.5. The standard InChI is InChI=1S/C23H29N3O2/c1-4-17-7-6-8-18(5-2)21(17)25-22(27)20-15-19(9-12-24-20)23(28)26-13-10-16(3)11-14-26/h6-9,12,15-16H,4-5,10-11,13-14H2,1-3H3,(H,25,27). The Bertz CT molecular complexity index is 832. The minimum atomic E-state index is -0.280. The van der Waals surface area contributed by atoms with Crippen LogP contribution in [0.4, 0.5) is 5.69 Å². The van der Waals surface area contributed by atoms with Crippen LogP contribution in [0.15, 0.2) is 36.5 Å². The summed E-state index contributed by atoms with van der Waals surface area (Å²) in [6.07, 6.45) is 5.27. The molecule has 0 saturated carbocycles. The molecule has 5 heteroatoms. The molecule has 1 saturated heterocycles. The summed E-state index contributed by atoms with van der Waals surface area (Å²) in [5.41, 5.74) is 3.85. The highest BCUT2D eigenvalue weighted by Gasteiger charge is 2.22. The summed E-state index contributed by atoms with van der Waals surface area (Å²) in [5.74, 6) is 0.360. The lowest BCUT2D eigenvalue weighted by Gasteiger charge is -2.30. The van der Waals surface area contributed by atoms with Gasteiger partial charge in [0, 0.05) is 30.5 Å². The van der Waals surface area contributed by atoms with Gasteiger partial charge in [-0.3, -0.25) is 14.6 Å². The second kappa shape index (κ2) is 9.00. The molecule has 0 aliphatic carbocycles. The third-order valence-electron chi connectivity index (χ3n) is 5.55. The van der Waals surface area contributed by atoms with Crippen molar-refractivity contribution in [3.05, 3.63) is 58.9 Å². The van der Waals surface area contributed by atoms with Crippen LogP contribution in [0.1, 0.15) is 65.6 Å². The van der Waals surface area contributed by atoms with Gasteiger partial charge < -0.3 is 10.2 Å². The summed E-state index contributed by atoms with van der Waals surface area (Å²) in [6, 6.07) is 9.37. The van der Waals surface area contributed by atoms with Crippen LogP contribution in [0.3, 0.4) is 0 Å². The third-order valence-corrected chi connectivity index (χ3v) is 5.55. The summed E-state index contributed by atoms with van der Waals surface area (Å²) in [4.78, 5) is 31.7. The zero-order valence-electron chi connectivity index (χ0n) is 17.0.